The summed E-state index contributed by atoms with van der Waals surface area (Å²) in [5, 5.41) is 7.79. The molecule has 0 spiro atoms. The first-order chi connectivity index (χ1) is 11.6. The van der Waals surface area contributed by atoms with Crippen molar-refractivity contribution in [2.45, 2.75) is 19.4 Å². The maximum Gasteiger partial charge on any atom is 0.315 e. The van der Waals surface area contributed by atoms with Crippen LogP contribution < -0.4 is 25.4 Å². The molecule has 0 atom stereocenters. The molecule has 3 amide bonds. The summed E-state index contributed by atoms with van der Waals surface area (Å²) in [6.07, 6.45) is 1.33. The van der Waals surface area contributed by atoms with Crippen LogP contribution in [-0.2, 0) is 20.9 Å². The Kier molecular flexibility index (Phi) is 4.95. The maximum absolute atomic E-state index is 11.9. The first kappa shape index (κ1) is 16.3. The third-order valence-electron chi connectivity index (χ3n) is 4.04. The van der Waals surface area contributed by atoms with Crippen LogP contribution in [0, 0.1) is 5.92 Å². The number of carbonyl (C=O) groups excluding carboxylic acids is 3. The van der Waals surface area contributed by atoms with Crippen molar-refractivity contribution in [3.8, 4) is 11.5 Å². The zero-order chi connectivity index (χ0) is 16.9. The van der Waals surface area contributed by atoms with Crippen LogP contribution in [0.3, 0.4) is 0 Å². The SMILES string of the molecule is O=C(NCc1ccc2c(c1)OCO2)C(=O)NC(=O)C1CCNCC1. The number of piperidine rings is 1. The molecule has 2 aliphatic rings. The van der Waals surface area contributed by atoms with Gasteiger partial charge in [0.25, 0.3) is 0 Å². The molecule has 1 aromatic carbocycles. The molecule has 0 saturated carbocycles. The molecule has 0 unspecified atom stereocenters. The van der Waals surface area contributed by atoms with Gasteiger partial charge in [0, 0.05) is 12.5 Å². The van der Waals surface area contributed by atoms with Gasteiger partial charge in [0.15, 0.2) is 11.5 Å². The monoisotopic (exact) mass is 333 g/mol. The average Bonchev–Trinajstić information content (AvgIpc) is 3.08. The van der Waals surface area contributed by atoms with E-state index in [-0.39, 0.29) is 25.2 Å². The Morgan fingerprint density at radius 1 is 1.08 bits per heavy atom. The lowest BCUT2D eigenvalue weighted by Gasteiger charge is -2.21. The number of benzene rings is 1. The van der Waals surface area contributed by atoms with Crippen molar-refractivity contribution in [2.24, 2.45) is 5.92 Å². The van der Waals surface area contributed by atoms with Crippen LogP contribution in [0.25, 0.3) is 0 Å². The van der Waals surface area contributed by atoms with Crippen LogP contribution >= 0.6 is 0 Å². The number of ether oxygens (including phenoxy) is 2. The van der Waals surface area contributed by atoms with Gasteiger partial charge < -0.3 is 20.1 Å². The molecule has 24 heavy (non-hydrogen) atoms. The first-order valence-corrected chi connectivity index (χ1v) is 7.86. The predicted octanol–water partition coefficient (Wildman–Crippen LogP) is -0.326. The van der Waals surface area contributed by atoms with Crippen molar-refractivity contribution in [1.82, 2.24) is 16.0 Å². The van der Waals surface area contributed by atoms with Gasteiger partial charge in [-0.1, -0.05) is 6.07 Å². The second kappa shape index (κ2) is 7.31. The van der Waals surface area contributed by atoms with Gasteiger partial charge in [-0.25, -0.2) is 0 Å². The molecular formula is C16H19N3O5. The quantitative estimate of drug-likeness (QED) is 0.655. The molecule has 3 rings (SSSR count). The average molecular weight is 333 g/mol. The fraction of sp³-hybridized carbons (Fsp3) is 0.438. The zero-order valence-electron chi connectivity index (χ0n) is 13.1. The molecule has 0 bridgehead atoms. The fourth-order valence-electron chi connectivity index (χ4n) is 2.67. The molecule has 1 aromatic rings. The molecule has 2 aliphatic heterocycles. The number of hydrogen-bond acceptors (Lipinski definition) is 6. The minimum absolute atomic E-state index is 0.157. The smallest absolute Gasteiger partial charge is 0.315 e. The Hall–Kier alpha value is -2.61. The van der Waals surface area contributed by atoms with Crippen LogP contribution in [0.2, 0.25) is 0 Å². The number of fused-ring (bicyclic) bond motifs is 1. The summed E-state index contributed by atoms with van der Waals surface area (Å²) in [4.78, 5) is 35.6. The molecule has 1 fully saturated rings. The summed E-state index contributed by atoms with van der Waals surface area (Å²) in [6, 6.07) is 5.25. The highest BCUT2D eigenvalue weighted by Gasteiger charge is 2.25. The van der Waals surface area contributed by atoms with Crippen molar-refractivity contribution in [3.63, 3.8) is 0 Å². The van der Waals surface area contributed by atoms with Gasteiger partial charge in [0.2, 0.25) is 12.7 Å². The van der Waals surface area contributed by atoms with E-state index in [2.05, 4.69) is 16.0 Å². The standard InChI is InChI=1S/C16H19N3O5/c20-14(11-3-5-17-6-4-11)19-16(22)15(21)18-8-10-1-2-12-13(7-10)24-9-23-12/h1-2,7,11,17H,3-6,8-9H2,(H,18,21)(H,19,20,22). The summed E-state index contributed by atoms with van der Waals surface area (Å²) in [5.74, 6) is -1.13. The van der Waals surface area contributed by atoms with Crippen molar-refractivity contribution >= 4 is 17.7 Å². The third kappa shape index (κ3) is 3.83. The lowest BCUT2D eigenvalue weighted by atomic mass is 9.97. The van der Waals surface area contributed by atoms with Crippen molar-refractivity contribution in [1.29, 1.82) is 0 Å². The second-order valence-corrected chi connectivity index (χ2v) is 5.71. The Balaban J connectivity index is 1.47. The molecule has 8 nitrogen and oxygen atoms in total. The predicted molar refractivity (Wildman–Crippen MR) is 83.2 cm³/mol. The van der Waals surface area contributed by atoms with E-state index in [1.54, 1.807) is 18.2 Å². The molecule has 0 aromatic heterocycles. The number of rotatable bonds is 3. The number of carbonyl (C=O) groups is 3. The highest BCUT2D eigenvalue weighted by molar-refractivity contribution is 6.37. The second-order valence-electron chi connectivity index (χ2n) is 5.71. The molecule has 3 N–H and O–H groups in total. The lowest BCUT2D eigenvalue weighted by molar-refractivity contribution is -0.143. The van der Waals surface area contributed by atoms with Crippen LogP contribution in [0.5, 0.6) is 11.5 Å². The lowest BCUT2D eigenvalue weighted by Crippen LogP contribution is -2.46. The topological polar surface area (TPSA) is 106 Å². The van der Waals surface area contributed by atoms with Gasteiger partial charge in [-0.3, -0.25) is 19.7 Å². The Labute approximate surface area is 138 Å². The fourth-order valence-corrected chi connectivity index (χ4v) is 2.67. The molecule has 0 radical (unpaired) electrons. The molecule has 128 valence electrons. The van der Waals surface area contributed by atoms with E-state index in [9.17, 15) is 14.4 Å². The summed E-state index contributed by atoms with van der Waals surface area (Å²) < 4.78 is 10.5. The highest BCUT2D eigenvalue weighted by Crippen LogP contribution is 2.32. The molecule has 2 heterocycles. The normalized spacial score (nSPS) is 16.5. The van der Waals surface area contributed by atoms with Crippen LogP contribution in [0.4, 0.5) is 0 Å². The van der Waals surface area contributed by atoms with Gasteiger partial charge in [-0.05, 0) is 43.6 Å². The van der Waals surface area contributed by atoms with E-state index >= 15 is 0 Å². The molecule has 0 aliphatic carbocycles. The highest BCUT2D eigenvalue weighted by atomic mass is 16.7. The first-order valence-electron chi connectivity index (χ1n) is 7.86. The summed E-state index contributed by atoms with van der Waals surface area (Å²) in [7, 11) is 0. The summed E-state index contributed by atoms with van der Waals surface area (Å²) in [6.45, 7) is 1.81. The van der Waals surface area contributed by atoms with Crippen LogP contribution in [0.1, 0.15) is 18.4 Å². The largest absolute Gasteiger partial charge is 0.454 e. The Bertz CT molecular complexity index is 655. The summed E-state index contributed by atoms with van der Waals surface area (Å²) in [5.41, 5.74) is 0.769. The maximum atomic E-state index is 11.9. The third-order valence-corrected chi connectivity index (χ3v) is 4.04. The van der Waals surface area contributed by atoms with E-state index in [0.29, 0.717) is 24.3 Å². The van der Waals surface area contributed by atoms with Crippen LogP contribution in [0.15, 0.2) is 18.2 Å². The van der Waals surface area contributed by atoms with Gasteiger partial charge in [-0.2, -0.15) is 0 Å². The summed E-state index contributed by atoms with van der Waals surface area (Å²) >= 11 is 0. The minimum atomic E-state index is -0.931. The van der Waals surface area contributed by atoms with Crippen molar-refractivity contribution in [3.05, 3.63) is 23.8 Å². The number of hydrogen-bond donors (Lipinski definition) is 3. The van der Waals surface area contributed by atoms with E-state index < -0.39 is 11.8 Å². The number of amides is 3. The van der Waals surface area contributed by atoms with E-state index in [0.717, 1.165) is 18.7 Å². The van der Waals surface area contributed by atoms with E-state index in [4.69, 9.17) is 9.47 Å². The van der Waals surface area contributed by atoms with Crippen LogP contribution in [-0.4, -0.2) is 37.6 Å². The zero-order valence-corrected chi connectivity index (χ0v) is 13.1. The molecular weight excluding hydrogens is 314 g/mol. The van der Waals surface area contributed by atoms with Gasteiger partial charge in [-0.15, -0.1) is 0 Å². The van der Waals surface area contributed by atoms with E-state index in [1.807, 2.05) is 0 Å². The Morgan fingerprint density at radius 3 is 2.62 bits per heavy atom. The number of imide groups is 1. The van der Waals surface area contributed by atoms with Crippen molar-refractivity contribution < 1.29 is 23.9 Å². The van der Waals surface area contributed by atoms with Crippen molar-refractivity contribution in [2.75, 3.05) is 19.9 Å². The van der Waals surface area contributed by atoms with Gasteiger partial charge in [0.1, 0.15) is 0 Å². The Morgan fingerprint density at radius 2 is 1.83 bits per heavy atom. The molecule has 8 heteroatoms. The number of nitrogens with one attached hydrogen (secondary N) is 3. The minimum Gasteiger partial charge on any atom is -0.454 e. The van der Waals surface area contributed by atoms with Gasteiger partial charge in [0.05, 0.1) is 0 Å². The molecule has 1 saturated heterocycles. The van der Waals surface area contributed by atoms with E-state index in [1.165, 1.54) is 0 Å². The van der Waals surface area contributed by atoms with Gasteiger partial charge >= 0.3 is 11.8 Å².